The second-order valence-electron chi connectivity index (χ2n) is 4.65. The Morgan fingerprint density at radius 1 is 1.30 bits per heavy atom. The van der Waals surface area contributed by atoms with Crippen LogP contribution in [0.4, 0.5) is 15.9 Å². The number of halogens is 1. The second kappa shape index (κ2) is 5.01. The Balaban J connectivity index is 2.20. The summed E-state index contributed by atoms with van der Waals surface area (Å²) >= 11 is 0. The number of aromatic nitrogens is 1. The number of pyridine rings is 1. The first kappa shape index (κ1) is 12.7. The number of non-ortho nitro benzene ring substituents is 1. The van der Waals surface area contributed by atoms with Crippen molar-refractivity contribution in [2.75, 3.05) is 31.1 Å². The summed E-state index contributed by atoms with van der Waals surface area (Å²) in [5.41, 5.74) is -0.223. The van der Waals surface area contributed by atoms with Crippen molar-refractivity contribution in [2.45, 2.75) is 0 Å². The van der Waals surface area contributed by atoms with Gasteiger partial charge in [-0.3, -0.25) is 10.1 Å². The van der Waals surface area contributed by atoms with Crippen molar-refractivity contribution in [1.82, 2.24) is 10.3 Å². The highest BCUT2D eigenvalue weighted by molar-refractivity contribution is 5.98. The van der Waals surface area contributed by atoms with Gasteiger partial charge < -0.3 is 10.2 Å². The van der Waals surface area contributed by atoms with E-state index in [9.17, 15) is 14.5 Å². The van der Waals surface area contributed by atoms with Crippen LogP contribution in [0.5, 0.6) is 0 Å². The number of hydrogen-bond acceptors (Lipinski definition) is 5. The predicted molar refractivity (Wildman–Crippen MR) is 73.4 cm³/mol. The molecule has 0 unspecified atom stereocenters. The van der Waals surface area contributed by atoms with E-state index in [1.165, 1.54) is 12.3 Å². The highest BCUT2D eigenvalue weighted by Crippen LogP contribution is 2.32. The maximum Gasteiger partial charge on any atom is 0.280 e. The summed E-state index contributed by atoms with van der Waals surface area (Å²) in [5, 5.41) is 15.2. The zero-order valence-electron chi connectivity index (χ0n) is 10.7. The topological polar surface area (TPSA) is 71.3 Å². The third-order valence-corrected chi connectivity index (χ3v) is 3.42. The van der Waals surface area contributed by atoms with Gasteiger partial charge in [-0.05, 0) is 12.1 Å². The van der Waals surface area contributed by atoms with Crippen LogP contribution in [0.15, 0.2) is 24.4 Å². The Morgan fingerprint density at radius 2 is 2.05 bits per heavy atom. The van der Waals surface area contributed by atoms with E-state index in [2.05, 4.69) is 10.3 Å². The van der Waals surface area contributed by atoms with Crippen molar-refractivity contribution in [3.05, 3.63) is 40.3 Å². The van der Waals surface area contributed by atoms with Crippen LogP contribution < -0.4 is 10.2 Å². The maximum atomic E-state index is 13.6. The molecule has 0 amide bonds. The molecular weight excluding hydrogens is 263 g/mol. The smallest absolute Gasteiger partial charge is 0.280 e. The molecule has 0 bridgehead atoms. The van der Waals surface area contributed by atoms with Crippen LogP contribution in [-0.4, -0.2) is 36.1 Å². The predicted octanol–water partition coefficient (Wildman–Crippen LogP) is 1.69. The minimum atomic E-state index is -0.617. The lowest BCUT2D eigenvalue weighted by Crippen LogP contribution is -2.44. The monoisotopic (exact) mass is 276 g/mol. The molecule has 0 atom stereocenters. The van der Waals surface area contributed by atoms with Crippen molar-refractivity contribution in [3.8, 4) is 0 Å². The van der Waals surface area contributed by atoms with Gasteiger partial charge in [-0.15, -0.1) is 0 Å². The summed E-state index contributed by atoms with van der Waals surface area (Å²) in [6.07, 6.45) is 1.53. The van der Waals surface area contributed by atoms with Gasteiger partial charge >= 0.3 is 0 Å². The molecule has 7 heteroatoms. The highest BCUT2D eigenvalue weighted by Gasteiger charge is 2.20. The van der Waals surface area contributed by atoms with Gasteiger partial charge in [0.05, 0.1) is 16.4 Å². The number of benzene rings is 1. The SMILES string of the molecule is O=[N+]([O-])c1cc(F)cc2c(N3CCNCC3)nccc12. The van der Waals surface area contributed by atoms with Gasteiger partial charge in [-0.1, -0.05) is 0 Å². The molecular formula is C13H13FN4O2. The molecule has 3 rings (SSSR count). The van der Waals surface area contributed by atoms with Crippen LogP contribution in [-0.2, 0) is 0 Å². The summed E-state index contributed by atoms with van der Waals surface area (Å²) in [6, 6.07) is 3.81. The molecule has 0 radical (unpaired) electrons. The average molecular weight is 276 g/mol. The van der Waals surface area contributed by atoms with Crippen LogP contribution in [0.3, 0.4) is 0 Å². The van der Waals surface area contributed by atoms with Crippen molar-refractivity contribution in [1.29, 1.82) is 0 Å². The standard InChI is InChI=1S/C13H13FN4O2/c14-9-7-11-10(12(8-9)18(19)20)1-2-16-13(11)17-5-3-15-4-6-17/h1-2,7-8,15H,3-6H2. The minimum Gasteiger partial charge on any atom is -0.354 e. The lowest BCUT2D eigenvalue weighted by atomic mass is 10.1. The van der Waals surface area contributed by atoms with Crippen LogP contribution >= 0.6 is 0 Å². The number of rotatable bonds is 2. The molecule has 1 N–H and O–H groups in total. The molecule has 1 aliphatic rings. The minimum absolute atomic E-state index is 0.223. The van der Waals surface area contributed by atoms with Gasteiger partial charge in [0.25, 0.3) is 5.69 Å². The normalized spacial score (nSPS) is 15.6. The van der Waals surface area contributed by atoms with E-state index < -0.39 is 10.7 Å². The molecule has 1 aromatic heterocycles. The maximum absolute atomic E-state index is 13.6. The second-order valence-corrected chi connectivity index (χ2v) is 4.65. The molecule has 0 spiro atoms. The molecule has 20 heavy (non-hydrogen) atoms. The first-order chi connectivity index (χ1) is 9.66. The average Bonchev–Trinajstić information content (AvgIpc) is 2.46. The fourth-order valence-corrected chi connectivity index (χ4v) is 2.50. The van der Waals surface area contributed by atoms with Gasteiger partial charge in [0.15, 0.2) is 0 Å². The quantitative estimate of drug-likeness (QED) is 0.667. The Labute approximate surface area is 114 Å². The van der Waals surface area contributed by atoms with Gasteiger partial charge in [0.1, 0.15) is 11.6 Å². The summed E-state index contributed by atoms with van der Waals surface area (Å²) in [5.74, 6) is -0.0137. The van der Waals surface area contributed by atoms with Crippen LogP contribution in [0.1, 0.15) is 0 Å². The summed E-state index contributed by atoms with van der Waals surface area (Å²) in [4.78, 5) is 16.8. The third-order valence-electron chi connectivity index (χ3n) is 3.42. The number of hydrogen-bond donors (Lipinski definition) is 1. The number of nitro benzene ring substituents is 1. The molecule has 6 nitrogen and oxygen atoms in total. The van der Waals surface area contributed by atoms with Crippen LogP contribution in [0.2, 0.25) is 0 Å². The van der Waals surface area contributed by atoms with E-state index in [0.29, 0.717) is 16.6 Å². The van der Waals surface area contributed by atoms with Gasteiger partial charge in [-0.25, -0.2) is 9.37 Å². The van der Waals surface area contributed by atoms with Gasteiger partial charge in [-0.2, -0.15) is 0 Å². The number of fused-ring (bicyclic) bond motifs is 1. The molecule has 1 saturated heterocycles. The van der Waals surface area contributed by atoms with Crippen LogP contribution in [0, 0.1) is 15.9 Å². The molecule has 104 valence electrons. The van der Waals surface area contributed by atoms with Crippen molar-refractivity contribution < 1.29 is 9.31 Å². The number of nitrogens with zero attached hydrogens (tertiary/aromatic N) is 3. The fourth-order valence-electron chi connectivity index (χ4n) is 2.50. The van der Waals surface area contributed by atoms with Crippen molar-refractivity contribution in [3.63, 3.8) is 0 Å². The van der Waals surface area contributed by atoms with E-state index in [4.69, 9.17) is 0 Å². The molecule has 1 aromatic carbocycles. The Hall–Kier alpha value is -2.28. The molecule has 1 aliphatic heterocycles. The zero-order valence-corrected chi connectivity index (χ0v) is 10.7. The first-order valence-corrected chi connectivity index (χ1v) is 6.35. The van der Waals surface area contributed by atoms with Gasteiger partial charge in [0.2, 0.25) is 0 Å². The fraction of sp³-hybridized carbons (Fsp3) is 0.308. The highest BCUT2D eigenvalue weighted by atomic mass is 19.1. The van der Waals surface area contributed by atoms with Crippen molar-refractivity contribution >= 4 is 22.3 Å². The Bertz CT molecular complexity index is 671. The molecule has 1 fully saturated rings. The van der Waals surface area contributed by atoms with E-state index in [0.717, 1.165) is 32.2 Å². The number of anilines is 1. The first-order valence-electron chi connectivity index (χ1n) is 6.35. The summed E-state index contributed by atoms with van der Waals surface area (Å²) < 4.78 is 13.6. The Morgan fingerprint density at radius 3 is 2.75 bits per heavy atom. The third kappa shape index (κ3) is 2.16. The lowest BCUT2D eigenvalue weighted by molar-refractivity contribution is -0.383. The molecule has 2 heterocycles. The molecule has 0 saturated carbocycles. The lowest BCUT2D eigenvalue weighted by Gasteiger charge is -2.29. The summed E-state index contributed by atoms with van der Waals surface area (Å²) in [7, 11) is 0. The zero-order chi connectivity index (χ0) is 14.1. The number of piperazine rings is 1. The molecule has 0 aliphatic carbocycles. The number of nitrogens with one attached hydrogen (secondary N) is 1. The van der Waals surface area contributed by atoms with Crippen molar-refractivity contribution in [2.24, 2.45) is 0 Å². The number of nitro groups is 1. The van der Waals surface area contributed by atoms with E-state index >= 15 is 0 Å². The Kier molecular flexibility index (Phi) is 3.19. The van der Waals surface area contributed by atoms with E-state index in [1.54, 1.807) is 6.07 Å². The van der Waals surface area contributed by atoms with Gasteiger partial charge in [0, 0.05) is 37.8 Å². The van der Waals surface area contributed by atoms with E-state index in [-0.39, 0.29) is 5.69 Å². The largest absolute Gasteiger partial charge is 0.354 e. The summed E-state index contributed by atoms with van der Waals surface area (Å²) in [6.45, 7) is 3.12. The van der Waals surface area contributed by atoms with E-state index in [1.807, 2.05) is 4.90 Å². The molecule has 2 aromatic rings. The van der Waals surface area contributed by atoms with Crippen LogP contribution in [0.25, 0.3) is 10.8 Å².